The lowest BCUT2D eigenvalue weighted by Crippen LogP contribution is -2.20. The van der Waals surface area contributed by atoms with Crippen molar-refractivity contribution < 1.29 is 15.0 Å². The van der Waals surface area contributed by atoms with E-state index in [1.807, 2.05) is 47.2 Å². The Hall–Kier alpha value is -3.54. The first-order valence-corrected chi connectivity index (χ1v) is 8.89. The lowest BCUT2D eigenvalue weighted by atomic mass is 9.89. The summed E-state index contributed by atoms with van der Waals surface area (Å²) < 4.78 is 1.84. The van der Waals surface area contributed by atoms with Crippen LogP contribution < -0.4 is 5.43 Å². The largest absolute Gasteiger partial charge is 0.508 e. The molecule has 0 atom stereocenters. The summed E-state index contributed by atoms with van der Waals surface area (Å²) in [5.41, 5.74) is 5.14. The normalized spacial score (nSPS) is 11.7. The molecule has 0 aliphatic heterocycles. The number of carbonyl (C=O) groups is 1. The standard InChI is InChI=1S/C22H23N3O3/c1-22(2,3)16-11-19(25(14-16)17-7-5-4-6-8-17)21(28)24-23-13-15-9-10-18(26)12-20(15)27/h4-14,26-27H,1-3H3,(H,24,28)/b23-13+. The maximum absolute atomic E-state index is 12.8. The van der Waals surface area contributed by atoms with Crippen LogP contribution in [0.5, 0.6) is 11.5 Å². The molecular formula is C22H23N3O3. The highest BCUT2D eigenvalue weighted by atomic mass is 16.3. The van der Waals surface area contributed by atoms with E-state index in [9.17, 15) is 15.0 Å². The van der Waals surface area contributed by atoms with Crippen LogP contribution in [0.2, 0.25) is 0 Å². The van der Waals surface area contributed by atoms with Crippen molar-refractivity contribution in [3.8, 4) is 17.2 Å². The first-order chi connectivity index (χ1) is 13.3. The fourth-order valence-electron chi connectivity index (χ4n) is 2.71. The Balaban J connectivity index is 1.88. The lowest BCUT2D eigenvalue weighted by molar-refractivity contribution is 0.0948. The van der Waals surface area contributed by atoms with Crippen molar-refractivity contribution in [3.05, 3.63) is 77.6 Å². The van der Waals surface area contributed by atoms with E-state index in [1.54, 1.807) is 0 Å². The summed E-state index contributed by atoms with van der Waals surface area (Å²) in [7, 11) is 0. The first kappa shape index (κ1) is 19.2. The zero-order valence-electron chi connectivity index (χ0n) is 16.0. The highest BCUT2D eigenvalue weighted by Crippen LogP contribution is 2.26. The first-order valence-electron chi connectivity index (χ1n) is 8.89. The van der Waals surface area contributed by atoms with Gasteiger partial charge in [0.25, 0.3) is 5.91 Å². The van der Waals surface area contributed by atoms with Crippen molar-refractivity contribution in [3.63, 3.8) is 0 Å². The smallest absolute Gasteiger partial charge is 0.288 e. The number of hydrazone groups is 1. The highest BCUT2D eigenvalue weighted by Gasteiger charge is 2.21. The van der Waals surface area contributed by atoms with Crippen LogP contribution in [-0.2, 0) is 5.41 Å². The van der Waals surface area contributed by atoms with Crippen molar-refractivity contribution in [2.75, 3.05) is 0 Å². The summed E-state index contributed by atoms with van der Waals surface area (Å²) in [6, 6.07) is 15.6. The Morgan fingerprint density at radius 2 is 1.79 bits per heavy atom. The predicted molar refractivity (Wildman–Crippen MR) is 109 cm³/mol. The quantitative estimate of drug-likeness (QED) is 0.475. The molecular weight excluding hydrogens is 354 g/mol. The molecule has 0 spiro atoms. The molecule has 144 valence electrons. The molecule has 28 heavy (non-hydrogen) atoms. The molecule has 1 amide bonds. The van der Waals surface area contributed by atoms with Crippen LogP contribution in [-0.4, -0.2) is 26.9 Å². The number of carbonyl (C=O) groups excluding carboxylic acids is 1. The summed E-state index contributed by atoms with van der Waals surface area (Å²) in [6.45, 7) is 6.27. The van der Waals surface area contributed by atoms with E-state index in [2.05, 4.69) is 31.3 Å². The van der Waals surface area contributed by atoms with Crippen LogP contribution in [0.3, 0.4) is 0 Å². The number of para-hydroxylation sites is 1. The van der Waals surface area contributed by atoms with Crippen LogP contribution in [0.25, 0.3) is 5.69 Å². The second-order valence-electron chi connectivity index (χ2n) is 7.51. The average molecular weight is 377 g/mol. The summed E-state index contributed by atoms with van der Waals surface area (Å²) in [4.78, 5) is 12.8. The molecule has 1 aromatic heterocycles. The predicted octanol–water partition coefficient (Wildman–Crippen LogP) is 3.95. The molecule has 0 fully saturated rings. The summed E-state index contributed by atoms with van der Waals surface area (Å²) in [5.74, 6) is -0.538. The van der Waals surface area contributed by atoms with Crippen molar-refractivity contribution in [2.24, 2.45) is 5.10 Å². The Kier molecular flexibility index (Phi) is 5.22. The second-order valence-corrected chi connectivity index (χ2v) is 7.51. The number of amides is 1. The number of benzene rings is 2. The van der Waals surface area contributed by atoms with Crippen LogP contribution >= 0.6 is 0 Å². The molecule has 3 aromatic rings. The number of aromatic nitrogens is 1. The van der Waals surface area contributed by atoms with Gasteiger partial charge < -0.3 is 14.8 Å². The maximum atomic E-state index is 12.8. The van der Waals surface area contributed by atoms with E-state index in [0.29, 0.717) is 11.3 Å². The number of rotatable bonds is 4. The van der Waals surface area contributed by atoms with Crippen LogP contribution in [0, 0.1) is 0 Å². The molecule has 1 heterocycles. The van der Waals surface area contributed by atoms with Gasteiger partial charge in [0.15, 0.2) is 0 Å². The minimum atomic E-state index is -0.367. The minimum Gasteiger partial charge on any atom is -0.508 e. The average Bonchev–Trinajstić information content (AvgIpc) is 3.10. The number of aromatic hydroxyl groups is 2. The van der Waals surface area contributed by atoms with Crippen molar-refractivity contribution >= 4 is 12.1 Å². The third kappa shape index (κ3) is 4.23. The van der Waals surface area contributed by atoms with E-state index in [0.717, 1.165) is 11.3 Å². The Bertz CT molecular complexity index is 1020. The molecule has 0 saturated carbocycles. The van der Waals surface area contributed by atoms with Crippen LogP contribution in [0.4, 0.5) is 0 Å². The monoisotopic (exact) mass is 377 g/mol. The molecule has 3 N–H and O–H groups in total. The van der Waals surface area contributed by atoms with Crippen LogP contribution in [0.15, 0.2) is 65.9 Å². The number of hydrogen-bond donors (Lipinski definition) is 3. The molecule has 0 radical (unpaired) electrons. The fourth-order valence-corrected chi connectivity index (χ4v) is 2.71. The molecule has 6 nitrogen and oxygen atoms in total. The molecule has 0 aliphatic carbocycles. The van der Waals surface area contributed by atoms with E-state index >= 15 is 0 Å². The Morgan fingerprint density at radius 1 is 1.07 bits per heavy atom. The van der Waals surface area contributed by atoms with Gasteiger partial charge in [-0.2, -0.15) is 5.10 Å². The van der Waals surface area contributed by atoms with Gasteiger partial charge in [0.1, 0.15) is 17.2 Å². The van der Waals surface area contributed by atoms with E-state index in [-0.39, 0.29) is 22.8 Å². The molecule has 6 heteroatoms. The van der Waals surface area contributed by atoms with Gasteiger partial charge in [0.05, 0.1) is 6.21 Å². The van der Waals surface area contributed by atoms with Gasteiger partial charge in [-0.3, -0.25) is 4.79 Å². The van der Waals surface area contributed by atoms with E-state index < -0.39 is 0 Å². The number of nitrogens with zero attached hydrogens (tertiary/aromatic N) is 2. The highest BCUT2D eigenvalue weighted by molar-refractivity contribution is 5.94. The van der Waals surface area contributed by atoms with Crippen molar-refractivity contribution in [1.82, 2.24) is 9.99 Å². The fraction of sp³-hybridized carbons (Fsp3) is 0.182. The molecule has 0 saturated heterocycles. The van der Waals surface area contributed by atoms with Gasteiger partial charge in [-0.25, -0.2) is 5.43 Å². The lowest BCUT2D eigenvalue weighted by Gasteiger charge is -2.15. The minimum absolute atomic E-state index is 0.0471. The van der Waals surface area contributed by atoms with Gasteiger partial charge in [-0.15, -0.1) is 0 Å². The number of phenolic OH excluding ortho intramolecular Hbond substituents is 2. The van der Waals surface area contributed by atoms with Gasteiger partial charge in [0.2, 0.25) is 0 Å². The maximum Gasteiger partial charge on any atom is 0.288 e. The van der Waals surface area contributed by atoms with Gasteiger partial charge in [0, 0.05) is 23.5 Å². The van der Waals surface area contributed by atoms with Crippen molar-refractivity contribution in [1.29, 1.82) is 0 Å². The second kappa shape index (κ2) is 7.60. The van der Waals surface area contributed by atoms with Gasteiger partial charge in [-0.05, 0) is 41.3 Å². The number of nitrogens with one attached hydrogen (secondary N) is 1. The summed E-state index contributed by atoms with van der Waals surface area (Å²) in [5, 5.41) is 23.1. The Morgan fingerprint density at radius 3 is 2.43 bits per heavy atom. The van der Waals surface area contributed by atoms with Crippen LogP contribution in [0.1, 0.15) is 42.4 Å². The third-order valence-corrected chi connectivity index (χ3v) is 4.34. The summed E-state index contributed by atoms with van der Waals surface area (Å²) >= 11 is 0. The molecule has 0 unspecified atom stereocenters. The van der Waals surface area contributed by atoms with E-state index in [4.69, 9.17) is 0 Å². The van der Waals surface area contributed by atoms with E-state index in [1.165, 1.54) is 24.4 Å². The topological polar surface area (TPSA) is 86.8 Å². The SMILES string of the molecule is CC(C)(C)c1cc(C(=O)N/N=C/c2ccc(O)cc2O)n(-c2ccccc2)c1. The third-order valence-electron chi connectivity index (χ3n) is 4.34. The number of hydrogen-bond acceptors (Lipinski definition) is 4. The van der Waals surface area contributed by atoms with Crippen molar-refractivity contribution in [2.45, 2.75) is 26.2 Å². The van der Waals surface area contributed by atoms with Gasteiger partial charge >= 0.3 is 0 Å². The Labute approximate surface area is 163 Å². The number of phenols is 2. The van der Waals surface area contributed by atoms with Gasteiger partial charge in [-0.1, -0.05) is 39.0 Å². The zero-order valence-corrected chi connectivity index (χ0v) is 16.0. The molecule has 0 bridgehead atoms. The zero-order chi connectivity index (χ0) is 20.3. The summed E-state index contributed by atoms with van der Waals surface area (Å²) in [6.07, 6.45) is 3.28. The molecule has 0 aliphatic rings. The molecule has 2 aromatic carbocycles. The molecule has 3 rings (SSSR count).